The zero-order valence-corrected chi connectivity index (χ0v) is 18.9. The van der Waals surface area contributed by atoms with Crippen LogP contribution in [0.4, 0.5) is 5.69 Å². The van der Waals surface area contributed by atoms with Crippen LogP contribution in [0.5, 0.6) is 17.2 Å². The number of fused-ring (bicyclic) bond motifs is 1. The van der Waals surface area contributed by atoms with Gasteiger partial charge >= 0.3 is 0 Å². The number of aliphatic imine (C=N–C) groups is 1. The van der Waals surface area contributed by atoms with Gasteiger partial charge in [-0.3, -0.25) is 4.99 Å². The molecule has 0 amide bonds. The van der Waals surface area contributed by atoms with Gasteiger partial charge in [0.15, 0.2) is 17.5 Å². The van der Waals surface area contributed by atoms with Gasteiger partial charge in [0, 0.05) is 31.8 Å². The number of guanidine groups is 1. The van der Waals surface area contributed by atoms with Gasteiger partial charge in [-0.15, -0.1) is 24.0 Å². The van der Waals surface area contributed by atoms with Crippen LogP contribution in [0.25, 0.3) is 0 Å². The van der Waals surface area contributed by atoms with Crippen molar-refractivity contribution >= 4 is 35.6 Å². The van der Waals surface area contributed by atoms with Gasteiger partial charge in [-0.05, 0) is 37.1 Å². The van der Waals surface area contributed by atoms with Crippen LogP contribution < -0.4 is 24.8 Å². The maximum atomic E-state index is 5.74. The van der Waals surface area contributed by atoms with E-state index in [-0.39, 0.29) is 24.0 Å². The van der Waals surface area contributed by atoms with Gasteiger partial charge in [-0.25, -0.2) is 0 Å². The van der Waals surface area contributed by atoms with Gasteiger partial charge in [0.05, 0.1) is 20.3 Å². The maximum absolute atomic E-state index is 5.74. The molecule has 2 N–H and O–H groups in total. The molecule has 0 atom stereocenters. The van der Waals surface area contributed by atoms with Crippen molar-refractivity contribution in [1.82, 2.24) is 5.32 Å². The molecule has 0 fully saturated rings. The minimum Gasteiger partial charge on any atom is -0.496 e. The first-order valence-corrected chi connectivity index (χ1v) is 9.20. The van der Waals surface area contributed by atoms with Gasteiger partial charge in [0.25, 0.3) is 0 Å². The molecule has 3 rings (SSSR count). The number of methoxy groups -OCH3 is 1. The molecule has 0 aromatic heterocycles. The topological polar surface area (TPSA) is 64.1 Å². The second kappa shape index (κ2) is 11.0. The number of nitrogens with one attached hydrogen (secondary N) is 2. The first-order valence-electron chi connectivity index (χ1n) is 9.20. The predicted octanol–water partition coefficient (Wildman–Crippen LogP) is 4.01. The van der Waals surface area contributed by atoms with Gasteiger partial charge in [0.2, 0.25) is 0 Å². The molecule has 0 unspecified atom stereocenters. The summed E-state index contributed by atoms with van der Waals surface area (Å²) in [5.41, 5.74) is 3.30. The Bertz CT molecular complexity index is 811. The highest BCUT2D eigenvalue weighted by Gasteiger charge is 2.11. The zero-order valence-electron chi connectivity index (χ0n) is 16.6. The fraction of sp³-hybridized carbons (Fsp3) is 0.381. The van der Waals surface area contributed by atoms with Crippen molar-refractivity contribution in [3.63, 3.8) is 0 Å². The molecule has 0 spiro atoms. The highest BCUT2D eigenvalue weighted by molar-refractivity contribution is 14.0. The number of aryl methyl sites for hydroxylation is 1. The van der Waals surface area contributed by atoms with E-state index >= 15 is 0 Å². The van der Waals surface area contributed by atoms with Crippen LogP contribution >= 0.6 is 24.0 Å². The Balaban J connectivity index is 0.00000280. The van der Waals surface area contributed by atoms with Crippen LogP contribution in [-0.4, -0.2) is 39.9 Å². The van der Waals surface area contributed by atoms with Gasteiger partial charge in [-0.2, -0.15) is 0 Å². The van der Waals surface area contributed by atoms with Crippen LogP contribution in [0.15, 0.2) is 41.4 Å². The number of rotatable bonds is 5. The smallest absolute Gasteiger partial charge is 0.195 e. The second-order valence-corrected chi connectivity index (χ2v) is 6.40. The molecular weight excluding hydrogens is 469 g/mol. The van der Waals surface area contributed by atoms with Crippen molar-refractivity contribution in [2.75, 3.05) is 39.2 Å². The van der Waals surface area contributed by atoms with Crippen molar-refractivity contribution < 1.29 is 14.2 Å². The molecule has 6 nitrogen and oxygen atoms in total. The van der Waals surface area contributed by atoms with Gasteiger partial charge in [0.1, 0.15) is 5.75 Å². The maximum Gasteiger partial charge on any atom is 0.195 e. The number of halogens is 1. The van der Waals surface area contributed by atoms with E-state index in [1.807, 2.05) is 24.3 Å². The standard InChI is InChI=1S/C21H27N3O3.HI/c1-15-5-7-18(25-3)16(13-15)9-10-23-21(22-2)24-17-6-8-19-20(14-17)27-12-4-11-26-19;/h5-8,13-14H,4,9-12H2,1-3H3,(H2,22,23,24);1H. The number of ether oxygens (including phenoxy) is 3. The van der Waals surface area contributed by atoms with E-state index < -0.39 is 0 Å². The largest absolute Gasteiger partial charge is 0.496 e. The summed E-state index contributed by atoms with van der Waals surface area (Å²) in [7, 11) is 3.46. The third kappa shape index (κ3) is 5.92. The van der Waals surface area contributed by atoms with Gasteiger partial charge in [-0.1, -0.05) is 17.7 Å². The summed E-state index contributed by atoms with van der Waals surface area (Å²) in [5, 5.41) is 6.64. The molecule has 0 saturated heterocycles. The third-order valence-electron chi connectivity index (χ3n) is 4.36. The normalized spacial score (nSPS) is 13.2. The van der Waals surface area contributed by atoms with Crippen molar-refractivity contribution in [3.05, 3.63) is 47.5 Å². The molecule has 2 aromatic carbocycles. The molecule has 0 saturated carbocycles. The van der Waals surface area contributed by atoms with Crippen LogP contribution in [0.1, 0.15) is 17.5 Å². The van der Waals surface area contributed by atoms with Crippen molar-refractivity contribution in [2.45, 2.75) is 19.8 Å². The lowest BCUT2D eigenvalue weighted by Crippen LogP contribution is -2.32. The summed E-state index contributed by atoms with van der Waals surface area (Å²) in [6.07, 6.45) is 1.73. The molecule has 7 heteroatoms. The summed E-state index contributed by atoms with van der Waals surface area (Å²) >= 11 is 0. The Morgan fingerprint density at radius 2 is 1.89 bits per heavy atom. The first kappa shape index (κ1) is 22.1. The lowest BCUT2D eigenvalue weighted by molar-refractivity contribution is 0.297. The van der Waals surface area contributed by atoms with Crippen LogP contribution in [0, 0.1) is 6.92 Å². The minimum absolute atomic E-state index is 0. The SMILES string of the molecule is CN=C(NCCc1cc(C)ccc1OC)Nc1ccc2c(c1)OCCCO2.I. The average Bonchev–Trinajstić information content (AvgIpc) is 2.92. The summed E-state index contributed by atoms with van der Waals surface area (Å²) in [6.45, 7) is 4.18. The quantitative estimate of drug-likeness (QED) is 0.372. The molecule has 2 aromatic rings. The Kier molecular flexibility index (Phi) is 8.69. The number of hydrogen-bond acceptors (Lipinski definition) is 4. The van der Waals surface area contributed by atoms with E-state index in [4.69, 9.17) is 14.2 Å². The van der Waals surface area contributed by atoms with Crippen molar-refractivity contribution in [3.8, 4) is 17.2 Å². The molecule has 1 aliphatic rings. The van der Waals surface area contributed by atoms with E-state index in [9.17, 15) is 0 Å². The highest BCUT2D eigenvalue weighted by Crippen LogP contribution is 2.32. The molecule has 0 bridgehead atoms. The number of hydrogen-bond donors (Lipinski definition) is 2. The van der Waals surface area contributed by atoms with Crippen molar-refractivity contribution in [1.29, 1.82) is 0 Å². The number of anilines is 1. The van der Waals surface area contributed by atoms with E-state index in [0.717, 1.165) is 42.3 Å². The van der Waals surface area contributed by atoms with Crippen LogP contribution in [0.2, 0.25) is 0 Å². The summed E-state index contributed by atoms with van der Waals surface area (Å²) in [4.78, 5) is 4.30. The second-order valence-electron chi connectivity index (χ2n) is 6.40. The minimum atomic E-state index is 0. The summed E-state index contributed by atoms with van der Waals surface area (Å²) in [5.74, 6) is 3.16. The Morgan fingerprint density at radius 1 is 1.11 bits per heavy atom. The zero-order chi connectivity index (χ0) is 19.1. The average molecular weight is 497 g/mol. The van der Waals surface area contributed by atoms with E-state index in [2.05, 4.69) is 34.7 Å². The molecule has 1 heterocycles. The molecule has 0 radical (unpaired) electrons. The van der Waals surface area contributed by atoms with E-state index in [1.165, 1.54) is 11.1 Å². The van der Waals surface area contributed by atoms with Gasteiger partial charge < -0.3 is 24.8 Å². The van der Waals surface area contributed by atoms with Crippen molar-refractivity contribution in [2.24, 2.45) is 4.99 Å². The summed E-state index contributed by atoms with van der Waals surface area (Å²) < 4.78 is 16.9. The predicted molar refractivity (Wildman–Crippen MR) is 124 cm³/mol. The fourth-order valence-corrected chi connectivity index (χ4v) is 2.98. The number of benzene rings is 2. The Hall–Kier alpha value is -2.16. The molecule has 28 heavy (non-hydrogen) atoms. The number of nitrogens with zero attached hydrogens (tertiary/aromatic N) is 1. The molecular formula is C21H28IN3O3. The Labute approximate surface area is 183 Å². The van der Waals surface area contributed by atoms with Crippen LogP contribution in [0.3, 0.4) is 0 Å². The third-order valence-corrected chi connectivity index (χ3v) is 4.36. The molecule has 0 aliphatic carbocycles. The molecule has 152 valence electrons. The van der Waals surface area contributed by atoms with E-state index in [0.29, 0.717) is 19.2 Å². The lowest BCUT2D eigenvalue weighted by Gasteiger charge is -2.15. The fourth-order valence-electron chi connectivity index (χ4n) is 2.98. The monoisotopic (exact) mass is 497 g/mol. The first-order chi connectivity index (χ1) is 13.2. The lowest BCUT2D eigenvalue weighted by atomic mass is 10.1. The van der Waals surface area contributed by atoms with Crippen LogP contribution in [-0.2, 0) is 6.42 Å². The summed E-state index contributed by atoms with van der Waals surface area (Å²) in [6, 6.07) is 12.0. The molecule has 1 aliphatic heterocycles. The highest BCUT2D eigenvalue weighted by atomic mass is 127. The Morgan fingerprint density at radius 3 is 2.64 bits per heavy atom. The van der Waals surface area contributed by atoms with E-state index in [1.54, 1.807) is 14.2 Å².